The predicted octanol–water partition coefficient (Wildman–Crippen LogP) is 4.73. The highest BCUT2D eigenvalue weighted by molar-refractivity contribution is 6.30. The Morgan fingerprint density at radius 2 is 1.72 bits per heavy atom. The third-order valence-electron chi connectivity index (χ3n) is 4.52. The maximum Gasteiger partial charge on any atom is 0.225 e. The number of rotatable bonds is 8. The lowest BCUT2D eigenvalue weighted by Gasteiger charge is -2.25. The Kier molecular flexibility index (Phi) is 7.09. The molecule has 0 saturated carbocycles. The average molecular weight is 411 g/mol. The van der Waals surface area contributed by atoms with E-state index in [1.54, 1.807) is 29.4 Å². The number of carbonyl (C=O) groups is 2. The van der Waals surface area contributed by atoms with Gasteiger partial charge < -0.3 is 14.6 Å². The van der Waals surface area contributed by atoms with E-state index in [-0.39, 0.29) is 18.2 Å². The normalized spacial score (nSPS) is 11.7. The van der Waals surface area contributed by atoms with E-state index in [1.807, 2.05) is 48.5 Å². The molecule has 2 aromatic carbocycles. The fourth-order valence-electron chi connectivity index (χ4n) is 3.12. The maximum absolute atomic E-state index is 13.2. The van der Waals surface area contributed by atoms with Crippen molar-refractivity contribution in [3.63, 3.8) is 0 Å². The summed E-state index contributed by atoms with van der Waals surface area (Å²) in [7, 11) is 0. The first-order valence-corrected chi connectivity index (χ1v) is 9.75. The molecule has 0 aliphatic heterocycles. The van der Waals surface area contributed by atoms with Gasteiger partial charge in [0.25, 0.3) is 0 Å². The summed E-state index contributed by atoms with van der Waals surface area (Å²) < 4.78 is 5.44. The molecule has 2 amide bonds. The second-order valence-corrected chi connectivity index (χ2v) is 7.26. The van der Waals surface area contributed by atoms with E-state index in [0.717, 1.165) is 11.1 Å². The Morgan fingerprint density at radius 3 is 2.34 bits per heavy atom. The van der Waals surface area contributed by atoms with E-state index >= 15 is 0 Å². The molecule has 1 N–H and O–H groups in total. The molecule has 0 fully saturated rings. The van der Waals surface area contributed by atoms with Gasteiger partial charge in [-0.25, -0.2) is 0 Å². The lowest BCUT2D eigenvalue weighted by molar-refractivity contribution is -0.133. The smallest absolute Gasteiger partial charge is 0.225 e. The van der Waals surface area contributed by atoms with Crippen molar-refractivity contribution in [3.8, 4) is 0 Å². The molecule has 0 aliphatic rings. The number of hydrogen-bond acceptors (Lipinski definition) is 3. The topological polar surface area (TPSA) is 62.6 Å². The van der Waals surface area contributed by atoms with Gasteiger partial charge in [0.2, 0.25) is 11.8 Å². The van der Waals surface area contributed by atoms with Crippen molar-refractivity contribution < 1.29 is 14.0 Å². The standard InChI is InChI=1S/C23H23ClN2O3/c1-17(27)25-22(19-9-11-20(24)12-10-19)14-23(28)26(16-21-8-5-13-29-21)15-18-6-3-2-4-7-18/h2-13,22H,14-16H2,1H3,(H,25,27). The molecule has 3 aromatic rings. The van der Waals surface area contributed by atoms with Gasteiger partial charge in [-0.1, -0.05) is 54.1 Å². The van der Waals surface area contributed by atoms with Crippen LogP contribution >= 0.6 is 11.6 Å². The van der Waals surface area contributed by atoms with Gasteiger partial charge in [0.15, 0.2) is 0 Å². The van der Waals surface area contributed by atoms with Gasteiger partial charge in [-0.3, -0.25) is 9.59 Å². The zero-order chi connectivity index (χ0) is 20.6. The van der Waals surface area contributed by atoms with E-state index in [9.17, 15) is 9.59 Å². The van der Waals surface area contributed by atoms with Gasteiger partial charge in [-0.05, 0) is 35.4 Å². The summed E-state index contributed by atoms with van der Waals surface area (Å²) in [5.74, 6) is 0.425. The minimum Gasteiger partial charge on any atom is -0.467 e. The van der Waals surface area contributed by atoms with Gasteiger partial charge in [0.1, 0.15) is 5.76 Å². The Balaban J connectivity index is 1.80. The zero-order valence-corrected chi connectivity index (χ0v) is 16.9. The molecule has 5 nitrogen and oxygen atoms in total. The second-order valence-electron chi connectivity index (χ2n) is 6.82. The monoisotopic (exact) mass is 410 g/mol. The number of nitrogens with one attached hydrogen (secondary N) is 1. The Hall–Kier alpha value is -3.05. The van der Waals surface area contributed by atoms with Crippen LogP contribution in [0.4, 0.5) is 0 Å². The lowest BCUT2D eigenvalue weighted by atomic mass is 10.0. The van der Waals surface area contributed by atoms with Crippen molar-refractivity contribution >= 4 is 23.4 Å². The molecule has 3 rings (SSSR count). The average Bonchev–Trinajstić information content (AvgIpc) is 3.21. The van der Waals surface area contributed by atoms with Crippen molar-refractivity contribution in [2.45, 2.75) is 32.5 Å². The molecule has 1 unspecified atom stereocenters. The molecule has 0 spiro atoms. The quantitative estimate of drug-likeness (QED) is 0.584. The fourth-order valence-corrected chi connectivity index (χ4v) is 3.25. The Bertz CT molecular complexity index is 925. The molecule has 1 atom stereocenters. The number of hydrogen-bond donors (Lipinski definition) is 1. The number of benzene rings is 2. The number of carbonyl (C=O) groups excluding carboxylic acids is 2. The van der Waals surface area contributed by atoms with Crippen LogP contribution in [0.3, 0.4) is 0 Å². The van der Waals surface area contributed by atoms with E-state index in [0.29, 0.717) is 23.9 Å². The molecule has 150 valence electrons. The van der Waals surface area contributed by atoms with Gasteiger partial charge in [-0.2, -0.15) is 0 Å². The summed E-state index contributed by atoms with van der Waals surface area (Å²) in [6, 6.07) is 20.1. The predicted molar refractivity (Wildman–Crippen MR) is 112 cm³/mol. The molecule has 29 heavy (non-hydrogen) atoms. The van der Waals surface area contributed by atoms with Crippen molar-refractivity contribution in [1.82, 2.24) is 10.2 Å². The highest BCUT2D eigenvalue weighted by Crippen LogP contribution is 2.22. The molecule has 1 heterocycles. The van der Waals surface area contributed by atoms with Crippen LogP contribution in [0.1, 0.15) is 36.3 Å². The third-order valence-corrected chi connectivity index (χ3v) is 4.78. The van der Waals surface area contributed by atoms with Crippen LogP contribution in [-0.2, 0) is 22.7 Å². The van der Waals surface area contributed by atoms with Gasteiger partial charge in [0.05, 0.1) is 25.3 Å². The van der Waals surface area contributed by atoms with Crippen LogP contribution in [0.5, 0.6) is 0 Å². The summed E-state index contributed by atoms with van der Waals surface area (Å²) in [4.78, 5) is 26.7. The van der Waals surface area contributed by atoms with Gasteiger partial charge >= 0.3 is 0 Å². The molecule has 1 aromatic heterocycles. The zero-order valence-electron chi connectivity index (χ0n) is 16.2. The van der Waals surface area contributed by atoms with E-state index in [2.05, 4.69) is 5.32 Å². The Labute approximate surface area is 175 Å². The fraction of sp³-hybridized carbons (Fsp3) is 0.217. The third kappa shape index (κ3) is 6.22. The van der Waals surface area contributed by atoms with E-state index < -0.39 is 6.04 Å². The molecule has 0 saturated heterocycles. The molecular weight excluding hydrogens is 388 g/mol. The van der Waals surface area contributed by atoms with E-state index in [1.165, 1.54) is 6.92 Å². The number of amides is 2. The van der Waals surface area contributed by atoms with Crippen molar-refractivity contribution in [2.24, 2.45) is 0 Å². The number of halogens is 1. The van der Waals surface area contributed by atoms with Crippen LogP contribution in [0, 0.1) is 0 Å². The molecule has 0 radical (unpaired) electrons. The summed E-state index contributed by atoms with van der Waals surface area (Å²) in [6.07, 6.45) is 1.73. The minimum atomic E-state index is -0.438. The van der Waals surface area contributed by atoms with Gasteiger partial charge in [-0.15, -0.1) is 0 Å². The summed E-state index contributed by atoms with van der Waals surface area (Å²) in [5.41, 5.74) is 1.85. The SMILES string of the molecule is CC(=O)NC(CC(=O)N(Cc1ccccc1)Cc1ccco1)c1ccc(Cl)cc1. The van der Waals surface area contributed by atoms with Crippen LogP contribution in [0.25, 0.3) is 0 Å². The summed E-state index contributed by atoms with van der Waals surface area (Å²) in [6.45, 7) is 2.25. The number of nitrogens with zero attached hydrogens (tertiary/aromatic N) is 1. The van der Waals surface area contributed by atoms with Crippen molar-refractivity contribution in [1.29, 1.82) is 0 Å². The first-order chi connectivity index (χ1) is 14.0. The summed E-state index contributed by atoms with van der Waals surface area (Å²) >= 11 is 5.98. The summed E-state index contributed by atoms with van der Waals surface area (Å²) in [5, 5.41) is 3.47. The van der Waals surface area contributed by atoms with Crippen LogP contribution in [0.15, 0.2) is 77.4 Å². The number of furan rings is 1. The van der Waals surface area contributed by atoms with Crippen LogP contribution < -0.4 is 5.32 Å². The first-order valence-electron chi connectivity index (χ1n) is 9.38. The van der Waals surface area contributed by atoms with E-state index in [4.69, 9.17) is 16.0 Å². The minimum absolute atomic E-state index is 0.0843. The molecular formula is C23H23ClN2O3. The highest BCUT2D eigenvalue weighted by atomic mass is 35.5. The molecule has 0 bridgehead atoms. The van der Waals surface area contributed by atoms with Gasteiger partial charge in [0, 0.05) is 18.5 Å². The maximum atomic E-state index is 13.2. The first kappa shape index (κ1) is 20.7. The Morgan fingerprint density at radius 1 is 1.00 bits per heavy atom. The second kappa shape index (κ2) is 9.94. The largest absolute Gasteiger partial charge is 0.467 e. The van der Waals surface area contributed by atoms with Crippen LogP contribution in [0.2, 0.25) is 5.02 Å². The van der Waals surface area contributed by atoms with Crippen molar-refractivity contribution in [3.05, 3.63) is 94.9 Å². The lowest BCUT2D eigenvalue weighted by Crippen LogP contribution is -2.35. The molecule has 0 aliphatic carbocycles. The highest BCUT2D eigenvalue weighted by Gasteiger charge is 2.22. The van der Waals surface area contributed by atoms with Crippen molar-refractivity contribution in [2.75, 3.05) is 0 Å². The molecule has 6 heteroatoms. The van der Waals surface area contributed by atoms with Crippen LogP contribution in [-0.4, -0.2) is 16.7 Å².